The van der Waals surface area contributed by atoms with Gasteiger partial charge in [-0.1, -0.05) is 12.1 Å². The lowest BCUT2D eigenvalue weighted by atomic mass is 9.87. The molecule has 156 valence electrons. The van der Waals surface area contributed by atoms with Gasteiger partial charge in [-0.15, -0.1) is 0 Å². The number of ether oxygens (including phenoxy) is 2. The summed E-state index contributed by atoms with van der Waals surface area (Å²) >= 11 is 0. The fraction of sp³-hybridized carbons (Fsp3) is 0.292. The predicted molar refractivity (Wildman–Crippen MR) is 111 cm³/mol. The second-order valence-corrected chi connectivity index (χ2v) is 7.44. The van der Waals surface area contributed by atoms with Crippen molar-refractivity contribution in [2.75, 3.05) is 20.8 Å². The normalized spacial score (nSPS) is 15.6. The number of amides is 1. The zero-order valence-electron chi connectivity index (χ0n) is 17.5. The Bertz CT molecular complexity index is 1090. The molecule has 0 N–H and O–H groups in total. The highest BCUT2D eigenvalue weighted by Crippen LogP contribution is 2.41. The molecule has 0 bridgehead atoms. The van der Waals surface area contributed by atoms with Crippen molar-refractivity contribution in [3.8, 4) is 11.5 Å². The van der Waals surface area contributed by atoms with E-state index in [1.165, 1.54) is 12.1 Å². The minimum atomic E-state index is -0.378. The van der Waals surface area contributed by atoms with Crippen LogP contribution in [0.15, 0.2) is 46.9 Å². The molecular weight excluding hydrogens is 385 g/mol. The first-order chi connectivity index (χ1) is 14.4. The van der Waals surface area contributed by atoms with Crippen molar-refractivity contribution in [1.82, 2.24) is 4.90 Å². The van der Waals surface area contributed by atoms with E-state index in [1.54, 1.807) is 39.3 Å². The molecule has 0 saturated carbocycles. The molecule has 0 fully saturated rings. The van der Waals surface area contributed by atoms with Crippen LogP contribution in [0, 0.1) is 19.7 Å². The first-order valence-electron chi connectivity index (χ1n) is 9.81. The number of carbonyl (C=O) groups excluding carboxylic acids is 1. The number of carbonyl (C=O) groups is 1. The van der Waals surface area contributed by atoms with Gasteiger partial charge in [0.25, 0.3) is 5.91 Å². The van der Waals surface area contributed by atoms with E-state index in [-0.39, 0.29) is 17.8 Å². The van der Waals surface area contributed by atoms with E-state index < -0.39 is 0 Å². The van der Waals surface area contributed by atoms with E-state index in [2.05, 4.69) is 0 Å². The van der Waals surface area contributed by atoms with Crippen LogP contribution in [0.2, 0.25) is 0 Å². The average molecular weight is 409 g/mol. The van der Waals surface area contributed by atoms with Crippen LogP contribution in [0.25, 0.3) is 0 Å². The first kappa shape index (κ1) is 20.0. The highest BCUT2D eigenvalue weighted by atomic mass is 19.1. The monoisotopic (exact) mass is 409 g/mol. The summed E-state index contributed by atoms with van der Waals surface area (Å²) in [7, 11) is 3.19. The Morgan fingerprint density at radius 3 is 2.33 bits per heavy atom. The Morgan fingerprint density at radius 2 is 1.73 bits per heavy atom. The number of hydrogen-bond donors (Lipinski definition) is 0. The number of rotatable bonds is 4. The van der Waals surface area contributed by atoms with Gasteiger partial charge in [0.05, 0.1) is 25.8 Å². The van der Waals surface area contributed by atoms with Crippen LogP contribution < -0.4 is 9.47 Å². The van der Waals surface area contributed by atoms with Gasteiger partial charge in [-0.25, -0.2) is 4.39 Å². The van der Waals surface area contributed by atoms with E-state index >= 15 is 0 Å². The topological polar surface area (TPSA) is 51.9 Å². The molecule has 1 aliphatic heterocycles. The van der Waals surface area contributed by atoms with E-state index in [1.807, 2.05) is 24.0 Å². The molecule has 0 aliphatic carbocycles. The molecule has 6 heteroatoms. The zero-order valence-corrected chi connectivity index (χ0v) is 17.5. The molecule has 1 aromatic heterocycles. The van der Waals surface area contributed by atoms with Crippen LogP contribution >= 0.6 is 0 Å². The van der Waals surface area contributed by atoms with Gasteiger partial charge in [0, 0.05) is 6.54 Å². The fourth-order valence-electron chi connectivity index (χ4n) is 4.17. The van der Waals surface area contributed by atoms with Crippen molar-refractivity contribution in [2.45, 2.75) is 26.3 Å². The predicted octanol–water partition coefficient (Wildman–Crippen LogP) is 4.84. The molecule has 4 rings (SSSR count). The van der Waals surface area contributed by atoms with E-state index in [0.29, 0.717) is 41.5 Å². The lowest BCUT2D eigenvalue weighted by Crippen LogP contribution is -2.40. The Kier molecular flexibility index (Phi) is 5.24. The van der Waals surface area contributed by atoms with Crippen molar-refractivity contribution in [3.63, 3.8) is 0 Å². The van der Waals surface area contributed by atoms with Gasteiger partial charge >= 0.3 is 0 Å². The van der Waals surface area contributed by atoms with Gasteiger partial charge in [-0.2, -0.15) is 0 Å². The van der Waals surface area contributed by atoms with Crippen molar-refractivity contribution < 1.29 is 23.1 Å². The molecule has 1 aliphatic rings. The Balaban J connectivity index is 1.86. The van der Waals surface area contributed by atoms with Crippen molar-refractivity contribution in [3.05, 3.63) is 82.1 Å². The zero-order chi connectivity index (χ0) is 21.4. The Labute approximate surface area is 175 Å². The van der Waals surface area contributed by atoms with Crippen LogP contribution in [0.1, 0.15) is 44.6 Å². The number of hydrogen-bond acceptors (Lipinski definition) is 4. The number of furan rings is 1. The molecule has 30 heavy (non-hydrogen) atoms. The molecule has 5 nitrogen and oxygen atoms in total. The van der Waals surface area contributed by atoms with Crippen LogP contribution in [0.5, 0.6) is 11.5 Å². The van der Waals surface area contributed by atoms with Gasteiger partial charge in [0.1, 0.15) is 17.3 Å². The maximum atomic E-state index is 13.6. The number of methoxy groups -OCH3 is 2. The molecule has 1 atom stereocenters. The number of benzene rings is 2. The van der Waals surface area contributed by atoms with Gasteiger partial charge in [0.2, 0.25) is 0 Å². The molecule has 0 spiro atoms. The maximum Gasteiger partial charge on any atom is 0.258 e. The minimum Gasteiger partial charge on any atom is -0.493 e. The second-order valence-electron chi connectivity index (χ2n) is 7.44. The van der Waals surface area contributed by atoms with Crippen LogP contribution in [0.3, 0.4) is 0 Å². The summed E-state index contributed by atoms with van der Waals surface area (Å²) in [4.78, 5) is 15.3. The lowest BCUT2D eigenvalue weighted by molar-refractivity contribution is 0.0692. The summed E-state index contributed by atoms with van der Waals surface area (Å²) in [5.41, 5.74) is 3.39. The van der Waals surface area contributed by atoms with Crippen molar-refractivity contribution in [2.24, 2.45) is 0 Å². The number of fused-ring (bicyclic) bond motifs is 1. The van der Waals surface area contributed by atoms with Gasteiger partial charge in [-0.3, -0.25) is 4.79 Å². The molecule has 0 saturated heterocycles. The largest absolute Gasteiger partial charge is 0.493 e. The molecule has 2 aromatic carbocycles. The lowest BCUT2D eigenvalue weighted by Gasteiger charge is -2.38. The third kappa shape index (κ3) is 3.43. The highest BCUT2D eigenvalue weighted by Gasteiger charge is 2.35. The standard InChI is InChI=1S/C24H24FNO4/c1-14-11-19(15(2)30-14)24(27)26-10-9-17-12-21(28-3)22(29-4)13-20(17)23(26)16-5-7-18(25)8-6-16/h5-8,11-13,23H,9-10H2,1-4H3. The van der Waals surface area contributed by atoms with E-state index in [9.17, 15) is 9.18 Å². The summed E-state index contributed by atoms with van der Waals surface area (Å²) < 4.78 is 30.2. The average Bonchev–Trinajstić information content (AvgIpc) is 3.09. The van der Waals surface area contributed by atoms with Crippen molar-refractivity contribution >= 4 is 5.91 Å². The summed E-state index contributed by atoms with van der Waals surface area (Å²) in [5, 5.41) is 0. The van der Waals surface area contributed by atoms with Crippen LogP contribution in [0.4, 0.5) is 4.39 Å². The third-order valence-corrected chi connectivity index (χ3v) is 5.59. The Hall–Kier alpha value is -3.28. The number of aryl methyl sites for hydroxylation is 2. The summed E-state index contributed by atoms with van der Waals surface area (Å²) in [5.74, 6) is 2.09. The second kappa shape index (κ2) is 7.86. The van der Waals surface area contributed by atoms with Gasteiger partial charge < -0.3 is 18.8 Å². The molecule has 3 aromatic rings. The molecule has 2 heterocycles. The minimum absolute atomic E-state index is 0.112. The van der Waals surface area contributed by atoms with Gasteiger partial charge in [-0.05, 0) is 67.3 Å². The summed E-state index contributed by atoms with van der Waals surface area (Å²) in [6, 6.07) is 11.5. The number of nitrogens with zero attached hydrogens (tertiary/aromatic N) is 1. The molecular formula is C24H24FNO4. The van der Waals surface area contributed by atoms with Crippen LogP contribution in [-0.4, -0.2) is 31.6 Å². The van der Waals surface area contributed by atoms with Crippen LogP contribution in [-0.2, 0) is 6.42 Å². The number of halogens is 1. The molecule has 0 radical (unpaired) electrons. The van der Waals surface area contributed by atoms with Gasteiger partial charge in [0.15, 0.2) is 11.5 Å². The van der Waals surface area contributed by atoms with E-state index in [0.717, 1.165) is 16.7 Å². The smallest absolute Gasteiger partial charge is 0.258 e. The summed E-state index contributed by atoms with van der Waals surface area (Å²) in [6.07, 6.45) is 0.676. The Morgan fingerprint density at radius 1 is 1.07 bits per heavy atom. The first-order valence-corrected chi connectivity index (χ1v) is 9.81. The maximum absolute atomic E-state index is 13.6. The SMILES string of the molecule is COc1cc2c(cc1OC)C(c1ccc(F)cc1)N(C(=O)c1cc(C)oc1C)CC2. The van der Waals surface area contributed by atoms with E-state index in [4.69, 9.17) is 13.9 Å². The fourth-order valence-corrected chi connectivity index (χ4v) is 4.17. The third-order valence-electron chi connectivity index (χ3n) is 5.59. The summed E-state index contributed by atoms with van der Waals surface area (Å²) in [6.45, 7) is 4.13. The van der Waals surface area contributed by atoms with Crippen molar-refractivity contribution in [1.29, 1.82) is 0 Å². The highest BCUT2D eigenvalue weighted by molar-refractivity contribution is 5.96. The molecule has 1 unspecified atom stereocenters. The quantitative estimate of drug-likeness (QED) is 0.619. The molecule has 1 amide bonds.